The smallest absolute Gasteiger partial charge is 0.319 e. The second-order valence-electron chi connectivity index (χ2n) is 9.84. The molecule has 1 aliphatic heterocycles. The quantitative estimate of drug-likeness (QED) is 0.194. The fourth-order valence-electron chi connectivity index (χ4n) is 4.93. The number of rotatable bonds is 12. The van der Waals surface area contributed by atoms with Crippen LogP contribution >= 0.6 is 12.4 Å². The molecular weight excluding hydrogens is 528 g/mol. The molecule has 3 aromatic rings. The van der Waals surface area contributed by atoms with Crippen molar-refractivity contribution in [2.75, 3.05) is 33.9 Å². The highest BCUT2D eigenvalue weighted by Gasteiger charge is 2.42. The molecule has 1 fully saturated rings. The third-order valence-electron chi connectivity index (χ3n) is 7.18. The van der Waals surface area contributed by atoms with Crippen LogP contribution in [0.4, 0.5) is 0 Å². The maximum atomic E-state index is 13.4. The molecule has 40 heavy (non-hydrogen) atoms. The molecule has 0 radical (unpaired) electrons. The summed E-state index contributed by atoms with van der Waals surface area (Å²) in [5.41, 5.74) is 9.53. The van der Waals surface area contributed by atoms with Gasteiger partial charge in [0.1, 0.15) is 18.2 Å². The van der Waals surface area contributed by atoms with E-state index in [0.717, 1.165) is 29.7 Å². The van der Waals surface area contributed by atoms with Crippen molar-refractivity contribution >= 4 is 30.1 Å². The van der Waals surface area contributed by atoms with Gasteiger partial charge in [0.2, 0.25) is 5.91 Å². The highest BCUT2D eigenvalue weighted by molar-refractivity contribution is 5.95. The van der Waals surface area contributed by atoms with E-state index in [1.54, 1.807) is 11.9 Å². The number of nitrogens with zero attached hydrogens (tertiary/aromatic N) is 2. The molecule has 0 saturated carbocycles. The molecule has 8 nitrogen and oxygen atoms in total. The molecule has 1 aliphatic rings. The maximum absolute atomic E-state index is 13.4. The lowest BCUT2D eigenvalue weighted by molar-refractivity contribution is -0.143. The number of methoxy groups -OCH3 is 1. The Morgan fingerprint density at radius 1 is 1.02 bits per heavy atom. The summed E-state index contributed by atoms with van der Waals surface area (Å²) in [5, 5.41) is 7.55. The van der Waals surface area contributed by atoms with Crippen molar-refractivity contribution < 1.29 is 19.1 Å². The van der Waals surface area contributed by atoms with Crippen LogP contribution in [0, 0.1) is 5.41 Å². The van der Waals surface area contributed by atoms with Crippen molar-refractivity contribution in [3.63, 3.8) is 0 Å². The largest absolute Gasteiger partial charge is 0.491 e. The number of nitrogens with one attached hydrogen (secondary N) is 1. The monoisotopic (exact) mass is 564 g/mol. The van der Waals surface area contributed by atoms with Crippen LogP contribution in [0.3, 0.4) is 0 Å². The summed E-state index contributed by atoms with van der Waals surface area (Å²) in [5.74, 6) is 0.426. The Morgan fingerprint density at radius 3 is 2.25 bits per heavy atom. The SMILES string of the molecule is COC(=O)CN(C)[C@@H]1C[C@@H](COc2ccc(-c3ccc(C(=N)N)cc3)cc2)N(CCCc2ccccc2)C1=O.Cl. The molecule has 3 aromatic carbocycles. The summed E-state index contributed by atoms with van der Waals surface area (Å²) in [4.78, 5) is 28.9. The van der Waals surface area contributed by atoms with E-state index in [4.69, 9.17) is 20.6 Å². The van der Waals surface area contributed by atoms with Gasteiger partial charge in [0.25, 0.3) is 0 Å². The van der Waals surface area contributed by atoms with E-state index in [-0.39, 0.29) is 42.7 Å². The van der Waals surface area contributed by atoms with E-state index in [0.29, 0.717) is 25.1 Å². The lowest BCUT2D eigenvalue weighted by Gasteiger charge is -2.25. The first-order valence-electron chi connectivity index (χ1n) is 13.1. The minimum atomic E-state index is -0.394. The minimum Gasteiger partial charge on any atom is -0.491 e. The molecule has 1 amide bonds. The van der Waals surface area contributed by atoms with Gasteiger partial charge in [0.05, 0.1) is 25.7 Å². The van der Waals surface area contributed by atoms with Gasteiger partial charge in [-0.1, -0.05) is 66.7 Å². The number of hydrogen-bond acceptors (Lipinski definition) is 6. The van der Waals surface area contributed by atoms with Crippen LogP contribution < -0.4 is 10.5 Å². The van der Waals surface area contributed by atoms with Crippen LogP contribution in [-0.2, 0) is 20.7 Å². The van der Waals surface area contributed by atoms with Gasteiger partial charge in [-0.3, -0.25) is 19.9 Å². The number of carbonyl (C=O) groups excluding carboxylic acids is 2. The number of benzene rings is 3. The zero-order valence-corrected chi connectivity index (χ0v) is 23.7. The summed E-state index contributed by atoms with van der Waals surface area (Å²) >= 11 is 0. The van der Waals surface area contributed by atoms with Gasteiger partial charge in [-0.15, -0.1) is 12.4 Å². The van der Waals surface area contributed by atoms with E-state index in [1.165, 1.54) is 12.7 Å². The number of likely N-dealkylation sites (N-methyl/N-ethyl adjacent to an activating group) is 1. The van der Waals surface area contributed by atoms with E-state index in [9.17, 15) is 9.59 Å². The third-order valence-corrected chi connectivity index (χ3v) is 7.18. The van der Waals surface area contributed by atoms with Crippen LogP contribution in [0.15, 0.2) is 78.9 Å². The van der Waals surface area contributed by atoms with Crippen molar-refractivity contribution in [1.29, 1.82) is 5.41 Å². The lowest BCUT2D eigenvalue weighted by atomic mass is 10.0. The number of likely N-dealkylation sites (tertiary alicyclic amines) is 1. The Labute approximate surface area is 242 Å². The normalized spacial score (nSPS) is 16.5. The van der Waals surface area contributed by atoms with E-state index < -0.39 is 6.04 Å². The van der Waals surface area contributed by atoms with Gasteiger partial charge in [-0.25, -0.2) is 0 Å². The number of amides is 1. The molecule has 0 unspecified atom stereocenters. The molecule has 0 spiro atoms. The Morgan fingerprint density at radius 2 is 1.65 bits per heavy atom. The lowest BCUT2D eigenvalue weighted by Crippen LogP contribution is -2.43. The number of esters is 1. The third kappa shape index (κ3) is 7.83. The molecule has 1 saturated heterocycles. The molecule has 0 aromatic heterocycles. The zero-order valence-electron chi connectivity index (χ0n) is 22.9. The standard InChI is InChI=1S/C31H36N4O4.ClH/c1-34(20-29(36)38-2)28-19-26(35(31(28)37)18-6-9-22-7-4-3-5-8-22)21-39-27-16-14-24(15-17-27)23-10-12-25(13-11-23)30(32)33;/h3-5,7-8,10-17,26,28H,6,9,18-21H2,1-2H3,(H3,32,33);1H/t26-,28+;/m0./s1. The molecule has 9 heteroatoms. The molecule has 3 N–H and O–H groups in total. The molecular formula is C31H37ClN4O4. The van der Waals surface area contributed by atoms with Gasteiger partial charge >= 0.3 is 5.97 Å². The average molecular weight is 565 g/mol. The number of aryl methyl sites for hydroxylation is 1. The molecule has 4 rings (SSSR count). The predicted molar refractivity (Wildman–Crippen MR) is 159 cm³/mol. The summed E-state index contributed by atoms with van der Waals surface area (Å²) in [7, 11) is 3.14. The van der Waals surface area contributed by atoms with Crippen molar-refractivity contribution in [3.8, 4) is 16.9 Å². The fourth-order valence-corrected chi connectivity index (χ4v) is 4.93. The average Bonchev–Trinajstić information content (AvgIpc) is 3.27. The van der Waals surface area contributed by atoms with Gasteiger partial charge in [-0.05, 0) is 55.1 Å². The van der Waals surface area contributed by atoms with Crippen molar-refractivity contribution in [3.05, 3.63) is 90.0 Å². The van der Waals surface area contributed by atoms with Crippen molar-refractivity contribution in [2.24, 2.45) is 5.73 Å². The molecule has 1 heterocycles. The van der Waals surface area contributed by atoms with E-state index in [2.05, 4.69) is 12.1 Å². The Balaban J connectivity index is 0.00000441. The van der Waals surface area contributed by atoms with Crippen LogP contribution in [0.1, 0.15) is 24.0 Å². The summed E-state index contributed by atoms with van der Waals surface area (Å²) < 4.78 is 11.0. The maximum Gasteiger partial charge on any atom is 0.319 e. The van der Waals surface area contributed by atoms with E-state index in [1.807, 2.05) is 71.6 Å². The fraction of sp³-hybridized carbons (Fsp3) is 0.323. The molecule has 212 valence electrons. The zero-order chi connectivity index (χ0) is 27.8. The van der Waals surface area contributed by atoms with Crippen LogP contribution in [0.5, 0.6) is 5.75 Å². The molecule has 0 aliphatic carbocycles. The van der Waals surface area contributed by atoms with Crippen LogP contribution in [0.2, 0.25) is 0 Å². The summed E-state index contributed by atoms with van der Waals surface area (Å²) in [6, 6.07) is 25.1. The van der Waals surface area contributed by atoms with Gasteiger partial charge in [0, 0.05) is 12.1 Å². The number of nitrogen functional groups attached to an aromatic ring is 1. The van der Waals surface area contributed by atoms with Gasteiger partial charge in [-0.2, -0.15) is 0 Å². The predicted octanol–water partition coefficient (Wildman–Crippen LogP) is 4.15. The Hall–Kier alpha value is -3.88. The summed E-state index contributed by atoms with van der Waals surface area (Å²) in [6.45, 7) is 1.05. The Kier molecular flexibility index (Phi) is 11.1. The van der Waals surface area contributed by atoms with Crippen molar-refractivity contribution in [1.82, 2.24) is 9.80 Å². The number of amidine groups is 1. The number of halogens is 1. The van der Waals surface area contributed by atoms with E-state index >= 15 is 0 Å². The number of nitrogens with two attached hydrogens (primary N) is 1. The molecule has 2 atom stereocenters. The highest BCUT2D eigenvalue weighted by Crippen LogP contribution is 2.27. The van der Waals surface area contributed by atoms with Gasteiger partial charge < -0.3 is 20.1 Å². The highest BCUT2D eigenvalue weighted by atomic mass is 35.5. The number of ether oxygens (including phenoxy) is 2. The Bertz CT molecular complexity index is 1270. The summed E-state index contributed by atoms with van der Waals surface area (Å²) in [6.07, 6.45) is 2.31. The van der Waals surface area contributed by atoms with Crippen LogP contribution in [0.25, 0.3) is 11.1 Å². The second kappa shape index (κ2) is 14.5. The topological polar surface area (TPSA) is 109 Å². The molecule has 0 bridgehead atoms. The second-order valence-corrected chi connectivity index (χ2v) is 9.84. The number of hydrogen-bond donors (Lipinski definition) is 2. The first-order valence-corrected chi connectivity index (χ1v) is 13.1. The minimum absolute atomic E-state index is 0. The first kappa shape index (κ1) is 30.7. The van der Waals surface area contributed by atoms with Crippen LogP contribution in [-0.4, -0.2) is 73.4 Å². The van der Waals surface area contributed by atoms with Gasteiger partial charge in [0.15, 0.2) is 0 Å². The van der Waals surface area contributed by atoms with Crippen molar-refractivity contribution in [2.45, 2.75) is 31.3 Å². The number of carbonyl (C=O) groups is 2. The first-order chi connectivity index (χ1) is 18.9.